The summed E-state index contributed by atoms with van der Waals surface area (Å²) in [6, 6.07) is 12.2. The maximum atomic E-state index is 13.6. The predicted octanol–water partition coefficient (Wildman–Crippen LogP) is 2.94. The molecular weight excluding hydrogens is 241 g/mol. The maximum Gasteiger partial charge on any atom is 0.140 e. The summed E-state index contributed by atoms with van der Waals surface area (Å²) in [6.45, 7) is 2.47. The van der Waals surface area contributed by atoms with Crippen molar-refractivity contribution in [3.8, 4) is 6.07 Å². The molecule has 0 saturated carbocycles. The molecule has 0 amide bonds. The molecule has 1 heterocycles. The van der Waals surface area contributed by atoms with Crippen molar-refractivity contribution in [3.63, 3.8) is 0 Å². The number of aromatic nitrogens is 1. The quantitative estimate of drug-likeness (QED) is 0.913. The Morgan fingerprint density at radius 2 is 2.16 bits per heavy atom. The van der Waals surface area contributed by atoms with Gasteiger partial charge in [0.2, 0.25) is 0 Å². The number of hydrogen-bond donors (Lipinski definition) is 1. The van der Waals surface area contributed by atoms with Crippen LogP contribution in [-0.4, -0.2) is 4.98 Å². The molecule has 1 atom stereocenters. The monoisotopic (exact) mass is 255 g/mol. The molecule has 0 radical (unpaired) electrons. The summed E-state index contributed by atoms with van der Waals surface area (Å²) in [4.78, 5) is 3.91. The predicted molar refractivity (Wildman–Crippen MR) is 70.6 cm³/mol. The minimum absolute atomic E-state index is 0.0973. The van der Waals surface area contributed by atoms with Gasteiger partial charge in [0.25, 0.3) is 0 Å². The highest BCUT2D eigenvalue weighted by Crippen LogP contribution is 2.16. The molecule has 1 unspecified atom stereocenters. The summed E-state index contributed by atoms with van der Waals surface area (Å²) in [5.74, 6) is -0.213. The normalized spacial score (nSPS) is 11.8. The fourth-order valence-corrected chi connectivity index (χ4v) is 1.85. The molecule has 3 nitrogen and oxygen atoms in total. The molecule has 4 heteroatoms. The molecule has 96 valence electrons. The number of pyridine rings is 1. The van der Waals surface area contributed by atoms with Crippen LogP contribution in [0.1, 0.15) is 29.8 Å². The Labute approximate surface area is 111 Å². The van der Waals surface area contributed by atoms with Gasteiger partial charge in [0.05, 0.1) is 0 Å². The summed E-state index contributed by atoms with van der Waals surface area (Å²) in [5.41, 5.74) is 1.98. The summed E-state index contributed by atoms with van der Waals surface area (Å²) >= 11 is 0. The van der Waals surface area contributed by atoms with Crippen LogP contribution in [-0.2, 0) is 6.54 Å². The van der Waals surface area contributed by atoms with E-state index in [1.807, 2.05) is 25.1 Å². The first-order chi connectivity index (χ1) is 9.20. The van der Waals surface area contributed by atoms with Crippen molar-refractivity contribution >= 4 is 0 Å². The zero-order chi connectivity index (χ0) is 13.7. The Morgan fingerprint density at radius 3 is 2.89 bits per heavy atom. The molecule has 0 aliphatic carbocycles. The maximum absolute atomic E-state index is 13.6. The van der Waals surface area contributed by atoms with Crippen LogP contribution in [0.2, 0.25) is 0 Å². The van der Waals surface area contributed by atoms with Crippen LogP contribution < -0.4 is 5.32 Å². The first kappa shape index (κ1) is 13.2. The number of benzene rings is 1. The van der Waals surface area contributed by atoms with E-state index in [-0.39, 0.29) is 11.9 Å². The molecule has 0 saturated heterocycles. The van der Waals surface area contributed by atoms with Gasteiger partial charge in [0.1, 0.15) is 17.6 Å². The molecule has 0 bridgehead atoms. The Kier molecular flexibility index (Phi) is 4.22. The van der Waals surface area contributed by atoms with Crippen LogP contribution in [0, 0.1) is 17.1 Å². The topological polar surface area (TPSA) is 48.7 Å². The number of rotatable bonds is 4. The van der Waals surface area contributed by atoms with Crippen molar-refractivity contribution in [3.05, 3.63) is 65.2 Å². The summed E-state index contributed by atoms with van der Waals surface area (Å²) in [5, 5.41) is 12.0. The lowest BCUT2D eigenvalue weighted by atomic mass is 10.1. The SMILES string of the molecule is CC(NCc1ccnc(C#N)c1)c1ccccc1F. The van der Waals surface area contributed by atoms with E-state index < -0.39 is 0 Å². The Bertz CT molecular complexity index is 604. The molecule has 1 N–H and O–H groups in total. The molecule has 1 aromatic carbocycles. The van der Waals surface area contributed by atoms with E-state index in [2.05, 4.69) is 10.3 Å². The van der Waals surface area contributed by atoms with Gasteiger partial charge in [-0.1, -0.05) is 18.2 Å². The van der Waals surface area contributed by atoms with E-state index in [4.69, 9.17) is 5.26 Å². The van der Waals surface area contributed by atoms with Gasteiger partial charge in [-0.15, -0.1) is 0 Å². The van der Waals surface area contributed by atoms with Crippen LogP contribution in [0.4, 0.5) is 4.39 Å². The summed E-state index contributed by atoms with van der Waals surface area (Å²) < 4.78 is 13.6. The zero-order valence-electron chi connectivity index (χ0n) is 10.6. The highest BCUT2D eigenvalue weighted by molar-refractivity contribution is 5.26. The highest BCUT2D eigenvalue weighted by Gasteiger charge is 2.09. The molecular formula is C15H14FN3. The van der Waals surface area contributed by atoms with Crippen molar-refractivity contribution < 1.29 is 4.39 Å². The smallest absolute Gasteiger partial charge is 0.140 e. The summed E-state index contributed by atoms with van der Waals surface area (Å²) in [6.07, 6.45) is 1.60. The van der Waals surface area contributed by atoms with Gasteiger partial charge in [-0.25, -0.2) is 9.37 Å². The number of hydrogen-bond acceptors (Lipinski definition) is 3. The second kappa shape index (κ2) is 6.07. The lowest BCUT2D eigenvalue weighted by Crippen LogP contribution is -2.19. The third-order valence-electron chi connectivity index (χ3n) is 2.92. The van der Waals surface area contributed by atoms with Crippen LogP contribution >= 0.6 is 0 Å². The van der Waals surface area contributed by atoms with Crippen molar-refractivity contribution in [2.75, 3.05) is 0 Å². The third-order valence-corrected chi connectivity index (χ3v) is 2.92. The Hall–Kier alpha value is -2.25. The van der Waals surface area contributed by atoms with E-state index in [9.17, 15) is 4.39 Å². The first-order valence-corrected chi connectivity index (χ1v) is 6.03. The minimum atomic E-state index is -0.213. The number of halogens is 1. The van der Waals surface area contributed by atoms with Gasteiger partial charge in [-0.05, 0) is 30.7 Å². The molecule has 2 aromatic rings. The standard InChI is InChI=1S/C15H14FN3/c1-11(14-4-2-3-5-15(14)16)19-10-12-6-7-18-13(8-12)9-17/h2-8,11,19H,10H2,1H3. The van der Waals surface area contributed by atoms with Crippen molar-refractivity contribution in [2.24, 2.45) is 0 Å². The molecule has 19 heavy (non-hydrogen) atoms. The van der Waals surface area contributed by atoms with Crippen LogP contribution in [0.25, 0.3) is 0 Å². The average molecular weight is 255 g/mol. The fourth-order valence-electron chi connectivity index (χ4n) is 1.85. The van der Waals surface area contributed by atoms with Gasteiger partial charge >= 0.3 is 0 Å². The van der Waals surface area contributed by atoms with Crippen LogP contribution in [0.15, 0.2) is 42.6 Å². The van der Waals surface area contributed by atoms with Crippen molar-refractivity contribution in [1.29, 1.82) is 5.26 Å². The van der Waals surface area contributed by atoms with Gasteiger partial charge in [-0.3, -0.25) is 0 Å². The van der Waals surface area contributed by atoms with Gasteiger partial charge < -0.3 is 5.32 Å². The summed E-state index contributed by atoms with van der Waals surface area (Å²) in [7, 11) is 0. The van der Waals surface area contributed by atoms with Gasteiger partial charge in [0.15, 0.2) is 0 Å². The van der Waals surface area contributed by atoms with E-state index in [0.717, 1.165) is 5.56 Å². The molecule has 0 aliphatic heterocycles. The van der Waals surface area contributed by atoms with Crippen molar-refractivity contribution in [1.82, 2.24) is 10.3 Å². The second-order valence-electron chi connectivity index (χ2n) is 4.29. The van der Waals surface area contributed by atoms with Gasteiger partial charge in [-0.2, -0.15) is 5.26 Å². The van der Waals surface area contributed by atoms with E-state index in [0.29, 0.717) is 17.8 Å². The largest absolute Gasteiger partial charge is 0.306 e. The molecule has 2 rings (SSSR count). The van der Waals surface area contributed by atoms with Crippen molar-refractivity contribution in [2.45, 2.75) is 19.5 Å². The second-order valence-corrected chi connectivity index (χ2v) is 4.29. The Morgan fingerprint density at radius 1 is 1.37 bits per heavy atom. The first-order valence-electron chi connectivity index (χ1n) is 6.03. The van der Waals surface area contributed by atoms with Crippen LogP contribution in [0.5, 0.6) is 0 Å². The Balaban J connectivity index is 2.03. The number of nitrogens with zero attached hydrogens (tertiary/aromatic N) is 2. The van der Waals surface area contributed by atoms with E-state index >= 15 is 0 Å². The molecule has 0 aliphatic rings. The zero-order valence-corrected chi connectivity index (χ0v) is 10.6. The van der Waals surface area contributed by atoms with Crippen LogP contribution in [0.3, 0.4) is 0 Å². The molecule has 0 spiro atoms. The third kappa shape index (κ3) is 3.36. The minimum Gasteiger partial charge on any atom is -0.306 e. The fraction of sp³-hybridized carbons (Fsp3) is 0.200. The highest BCUT2D eigenvalue weighted by atomic mass is 19.1. The number of nitrogens with one attached hydrogen (secondary N) is 1. The number of nitriles is 1. The van der Waals surface area contributed by atoms with Gasteiger partial charge in [0, 0.05) is 24.3 Å². The van der Waals surface area contributed by atoms with E-state index in [1.165, 1.54) is 6.07 Å². The molecule has 0 fully saturated rings. The lowest BCUT2D eigenvalue weighted by molar-refractivity contribution is 0.528. The van der Waals surface area contributed by atoms with E-state index in [1.54, 1.807) is 24.4 Å². The average Bonchev–Trinajstić information content (AvgIpc) is 2.45. The molecule has 1 aromatic heterocycles. The lowest BCUT2D eigenvalue weighted by Gasteiger charge is -2.15.